The summed E-state index contributed by atoms with van der Waals surface area (Å²) in [7, 11) is 0. The third-order valence-corrected chi connectivity index (χ3v) is 3.61. The van der Waals surface area contributed by atoms with Gasteiger partial charge in [-0.3, -0.25) is 4.79 Å². The smallest absolute Gasteiger partial charge is 0.325 e. The van der Waals surface area contributed by atoms with Gasteiger partial charge in [0.1, 0.15) is 6.54 Å². The number of fused-ring (bicyclic) bond motifs is 1. The molecule has 0 saturated heterocycles. The Labute approximate surface area is 105 Å². The van der Waals surface area contributed by atoms with Crippen molar-refractivity contribution in [1.29, 1.82) is 0 Å². The number of nitrogens with two attached hydrogens (primary N) is 1. The summed E-state index contributed by atoms with van der Waals surface area (Å²) in [6.45, 7) is 3.38. The van der Waals surface area contributed by atoms with Crippen molar-refractivity contribution in [1.82, 2.24) is 0 Å². The molecule has 0 radical (unpaired) electrons. The number of carbonyl (C=O) groups excluding carboxylic acids is 1. The van der Waals surface area contributed by atoms with E-state index in [2.05, 4.69) is 0 Å². The number of nitrogen functional groups attached to an aromatic ring is 1. The number of esters is 1. The highest BCUT2D eigenvalue weighted by atomic mass is 32.2. The lowest BCUT2D eigenvalue weighted by atomic mass is 10.2. The van der Waals surface area contributed by atoms with Gasteiger partial charge in [-0.25, -0.2) is 0 Å². The molecule has 0 atom stereocenters. The molecular weight excluding hydrogens is 236 g/mol. The van der Waals surface area contributed by atoms with Gasteiger partial charge in [0, 0.05) is 22.9 Å². The summed E-state index contributed by atoms with van der Waals surface area (Å²) in [6, 6.07) is 5.81. The van der Waals surface area contributed by atoms with Crippen molar-refractivity contribution in [3.63, 3.8) is 0 Å². The molecule has 0 spiro atoms. The lowest BCUT2D eigenvalue weighted by Gasteiger charge is -2.30. The van der Waals surface area contributed by atoms with Gasteiger partial charge in [0.15, 0.2) is 0 Å². The second-order valence-corrected chi connectivity index (χ2v) is 4.94. The van der Waals surface area contributed by atoms with Gasteiger partial charge < -0.3 is 15.4 Å². The molecule has 0 aromatic heterocycles. The van der Waals surface area contributed by atoms with E-state index in [0.717, 1.165) is 23.7 Å². The van der Waals surface area contributed by atoms with Crippen molar-refractivity contribution in [3.05, 3.63) is 18.2 Å². The van der Waals surface area contributed by atoms with E-state index in [0.29, 0.717) is 13.2 Å². The highest BCUT2D eigenvalue weighted by Crippen LogP contribution is 2.35. The molecule has 92 valence electrons. The van der Waals surface area contributed by atoms with Gasteiger partial charge in [-0.15, -0.1) is 11.8 Å². The zero-order valence-corrected chi connectivity index (χ0v) is 10.6. The number of rotatable bonds is 3. The number of carbonyl (C=O) groups is 1. The van der Waals surface area contributed by atoms with E-state index >= 15 is 0 Å². The Kier molecular flexibility index (Phi) is 3.78. The first-order valence-corrected chi connectivity index (χ1v) is 6.62. The van der Waals surface area contributed by atoms with Gasteiger partial charge in [-0.05, 0) is 25.1 Å². The molecule has 1 aliphatic heterocycles. The maximum Gasteiger partial charge on any atom is 0.325 e. The molecule has 1 heterocycles. The maximum absolute atomic E-state index is 11.5. The van der Waals surface area contributed by atoms with E-state index in [9.17, 15) is 4.79 Å². The fraction of sp³-hybridized carbons (Fsp3) is 0.417. The van der Waals surface area contributed by atoms with Crippen molar-refractivity contribution in [2.24, 2.45) is 0 Å². The first-order valence-electron chi connectivity index (χ1n) is 5.63. The zero-order valence-electron chi connectivity index (χ0n) is 9.81. The normalized spacial score (nSPS) is 14.3. The highest BCUT2D eigenvalue weighted by Gasteiger charge is 2.20. The SMILES string of the molecule is CCOC(=O)CN1CCSc2ccc(N)cc21. The molecule has 0 amide bonds. The Hall–Kier alpha value is -1.36. The molecule has 0 unspecified atom stereocenters. The first kappa shape index (κ1) is 12.1. The van der Waals surface area contributed by atoms with Crippen LogP contribution in [0.4, 0.5) is 11.4 Å². The van der Waals surface area contributed by atoms with Gasteiger partial charge in [-0.2, -0.15) is 0 Å². The summed E-state index contributed by atoms with van der Waals surface area (Å²) in [5, 5.41) is 0. The molecule has 5 heteroatoms. The Bertz CT molecular complexity index is 423. The molecule has 17 heavy (non-hydrogen) atoms. The third kappa shape index (κ3) is 2.85. The molecule has 0 aliphatic carbocycles. The van der Waals surface area contributed by atoms with Crippen LogP contribution in [-0.4, -0.2) is 31.4 Å². The van der Waals surface area contributed by atoms with Gasteiger partial charge in [0.25, 0.3) is 0 Å². The molecule has 4 nitrogen and oxygen atoms in total. The number of nitrogens with zero attached hydrogens (tertiary/aromatic N) is 1. The van der Waals surface area contributed by atoms with Crippen LogP contribution < -0.4 is 10.6 Å². The minimum atomic E-state index is -0.187. The minimum absolute atomic E-state index is 0.187. The summed E-state index contributed by atoms with van der Waals surface area (Å²) in [4.78, 5) is 14.7. The molecule has 1 aromatic rings. The number of hydrogen-bond acceptors (Lipinski definition) is 5. The van der Waals surface area contributed by atoms with Crippen molar-refractivity contribution in [2.45, 2.75) is 11.8 Å². The molecule has 2 rings (SSSR count). The Morgan fingerprint density at radius 2 is 2.41 bits per heavy atom. The lowest BCUT2D eigenvalue weighted by Crippen LogP contribution is -2.35. The summed E-state index contributed by atoms with van der Waals surface area (Å²) in [5.74, 6) is 0.795. The Morgan fingerprint density at radius 1 is 1.59 bits per heavy atom. The first-order chi connectivity index (χ1) is 8.20. The van der Waals surface area contributed by atoms with Crippen molar-refractivity contribution < 1.29 is 9.53 Å². The molecule has 0 bridgehead atoms. The lowest BCUT2D eigenvalue weighted by molar-refractivity contribution is -0.141. The van der Waals surface area contributed by atoms with Crippen LogP contribution in [0.25, 0.3) is 0 Å². The molecule has 1 aliphatic rings. The van der Waals surface area contributed by atoms with Gasteiger partial charge in [-0.1, -0.05) is 0 Å². The largest absolute Gasteiger partial charge is 0.465 e. The van der Waals surface area contributed by atoms with Crippen LogP contribution in [-0.2, 0) is 9.53 Å². The van der Waals surface area contributed by atoms with Crippen molar-refractivity contribution >= 4 is 29.1 Å². The minimum Gasteiger partial charge on any atom is -0.465 e. The second kappa shape index (κ2) is 5.31. The molecular formula is C12H16N2O2S. The standard InChI is InChI=1S/C12H16N2O2S/c1-2-16-12(15)8-14-5-6-17-11-4-3-9(13)7-10(11)14/h3-4,7H,2,5-6,8,13H2,1H3. The Balaban J connectivity index is 2.16. The van der Waals surface area contributed by atoms with Crippen LogP contribution in [0.5, 0.6) is 0 Å². The second-order valence-electron chi connectivity index (χ2n) is 3.80. The van der Waals surface area contributed by atoms with E-state index in [1.165, 1.54) is 4.90 Å². The van der Waals surface area contributed by atoms with Gasteiger partial charge in [0.05, 0.1) is 12.3 Å². The maximum atomic E-state index is 11.5. The number of ether oxygens (including phenoxy) is 1. The van der Waals surface area contributed by atoms with Gasteiger partial charge in [0.2, 0.25) is 0 Å². The average molecular weight is 252 g/mol. The van der Waals surface area contributed by atoms with Crippen LogP contribution in [0, 0.1) is 0 Å². The predicted molar refractivity (Wildman–Crippen MR) is 70.4 cm³/mol. The fourth-order valence-corrected chi connectivity index (χ4v) is 2.85. The fourth-order valence-electron chi connectivity index (χ4n) is 1.82. The summed E-state index contributed by atoms with van der Waals surface area (Å²) < 4.78 is 4.97. The predicted octanol–water partition coefficient (Wildman–Crippen LogP) is 1.74. The molecule has 0 saturated carbocycles. The topological polar surface area (TPSA) is 55.6 Å². The number of hydrogen-bond donors (Lipinski definition) is 1. The third-order valence-electron chi connectivity index (χ3n) is 2.57. The van der Waals surface area contributed by atoms with Crippen LogP contribution in [0.15, 0.2) is 23.1 Å². The summed E-state index contributed by atoms with van der Waals surface area (Å²) >= 11 is 1.79. The molecule has 0 fully saturated rings. The Morgan fingerprint density at radius 3 is 3.18 bits per heavy atom. The monoisotopic (exact) mass is 252 g/mol. The van der Waals surface area contributed by atoms with E-state index in [1.807, 2.05) is 30.0 Å². The van der Waals surface area contributed by atoms with Crippen molar-refractivity contribution in [2.75, 3.05) is 36.1 Å². The van der Waals surface area contributed by atoms with E-state index in [1.54, 1.807) is 11.8 Å². The average Bonchev–Trinajstić information content (AvgIpc) is 2.30. The summed E-state index contributed by atoms with van der Waals surface area (Å²) in [6.07, 6.45) is 0. The number of thioether (sulfide) groups is 1. The van der Waals surface area contributed by atoms with Gasteiger partial charge >= 0.3 is 5.97 Å². The van der Waals surface area contributed by atoms with Crippen LogP contribution >= 0.6 is 11.8 Å². The van der Waals surface area contributed by atoms with Crippen LogP contribution in [0.1, 0.15) is 6.92 Å². The quantitative estimate of drug-likeness (QED) is 0.656. The highest BCUT2D eigenvalue weighted by molar-refractivity contribution is 7.99. The van der Waals surface area contributed by atoms with E-state index in [4.69, 9.17) is 10.5 Å². The number of benzene rings is 1. The molecule has 2 N–H and O–H groups in total. The van der Waals surface area contributed by atoms with E-state index < -0.39 is 0 Å². The number of anilines is 2. The van der Waals surface area contributed by atoms with E-state index in [-0.39, 0.29) is 5.97 Å². The zero-order chi connectivity index (χ0) is 12.3. The van der Waals surface area contributed by atoms with Crippen molar-refractivity contribution in [3.8, 4) is 0 Å². The van der Waals surface area contributed by atoms with Crippen LogP contribution in [0.3, 0.4) is 0 Å². The van der Waals surface area contributed by atoms with Crippen LogP contribution in [0.2, 0.25) is 0 Å². The molecule has 1 aromatic carbocycles. The summed E-state index contributed by atoms with van der Waals surface area (Å²) in [5.41, 5.74) is 7.54.